The van der Waals surface area contributed by atoms with Gasteiger partial charge in [0.1, 0.15) is 18.5 Å². The predicted molar refractivity (Wildman–Crippen MR) is 99.3 cm³/mol. The van der Waals surface area contributed by atoms with Crippen LogP contribution in [-0.4, -0.2) is 77.7 Å². The fraction of sp³-hybridized carbons (Fsp3) is 0.579. The van der Waals surface area contributed by atoms with Gasteiger partial charge in [-0.15, -0.1) is 0 Å². The molecule has 0 amide bonds. The third kappa shape index (κ3) is 8.85. The van der Waals surface area contributed by atoms with Crippen LogP contribution in [-0.2, 0) is 14.3 Å². The SMILES string of the molecule is Cc1ccc(C(C)C)c(OCC(O)CN2CCOCC2)c1.O=C(O)C(=O)O. The number of aliphatic hydroxyl groups is 1. The molecule has 1 fully saturated rings. The van der Waals surface area contributed by atoms with Crippen molar-refractivity contribution in [2.45, 2.75) is 32.8 Å². The highest BCUT2D eigenvalue weighted by Crippen LogP contribution is 2.27. The first-order valence-corrected chi connectivity index (χ1v) is 8.88. The standard InChI is InChI=1S/C17H27NO3.C2H2O4/c1-13(2)16-5-4-14(3)10-17(16)21-12-15(19)11-18-6-8-20-9-7-18;3-1(4)2(5)6/h4-5,10,13,15,19H,6-9,11-12H2,1-3H3;(H,3,4)(H,5,6). The monoisotopic (exact) mass is 383 g/mol. The lowest BCUT2D eigenvalue weighted by molar-refractivity contribution is -0.159. The van der Waals surface area contributed by atoms with Crippen LogP contribution >= 0.6 is 0 Å². The maximum absolute atomic E-state index is 10.2. The van der Waals surface area contributed by atoms with E-state index in [9.17, 15) is 5.11 Å². The number of rotatable bonds is 6. The van der Waals surface area contributed by atoms with E-state index in [4.69, 9.17) is 29.3 Å². The highest BCUT2D eigenvalue weighted by atomic mass is 16.5. The number of aryl methyl sites for hydroxylation is 1. The zero-order valence-electron chi connectivity index (χ0n) is 16.1. The minimum atomic E-state index is -1.82. The number of aliphatic hydroxyl groups excluding tert-OH is 1. The van der Waals surface area contributed by atoms with Gasteiger partial charge in [0, 0.05) is 19.6 Å². The summed E-state index contributed by atoms with van der Waals surface area (Å²) >= 11 is 0. The predicted octanol–water partition coefficient (Wildman–Crippen LogP) is 1.35. The van der Waals surface area contributed by atoms with Gasteiger partial charge >= 0.3 is 11.9 Å². The minimum Gasteiger partial charge on any atom is -0.491 e. The van der Waals surface area contributed by atoms with Crippen LogP contribution in [0.4, 0.5) is 0 Å². The molecule has 0 saturated carbocycles. The first-order valence-electron chi connectivity index (χ1n) is 8.88. The van der Waals surface area contributed by atoms with E-state index >= 15 is 0 Å². The second kappa shape index (κ2) is 11.5. The van der Waals surface area contributed by atoms with Crippen LogP contribution in [0.5, 0.6) is 5.75 Å². The number of β-amino-alcohol motifs (C(OH)–C–C–N with tert-alkyl or cyclic N) is 1. The van der Waals surface area contributed by atoms with Crippen molar-refractivity contribution < 1.29 is 34.4 Å². The number of morpholine rings is 1. The van der Waals surface area contributed by atoms with Crippen molar-refractivity contribution in [1.29, 1.82) is 0 Å². The summed E-state index contributed by atoms with van der Waals surface area (Å²) < 4.78 is 11.2. The Morgan fingerprint density at radius 1 is 1.19 bits per heavy atom. The smallest absolute Gasteiger partial charge is 0.414 e. The quantitative estimate of drug-likeness (QED) is 0.630. The van der Waals surface area contributed by atoms with E-state index in [2.05, 4.69) is 43.9 Å². The number of carboxylic acid groups (broad SMARTS) is 2. The van der Waals surface area contributed by atoms with E-state index in [0.717, 1.165) is 32.1 Å². The molecule has 1 heterocycles. The average Bonchev–Trinajstić information content (AvgIpc) is 2.61. The largest absolute Gasteiger partial charge is 0.491 e. The van der Waals surface area contributed by atoms with Gasteiger partial charge in [-0.05, 0) is 30.0 Å². The number of hydrogen-bond donors (Lipinski definition) is 3. The third-order valence-electron chi connectivity index (χ3n) is 3.98. The molecule has 0 aliphatic carbocycles. The fourth-order valence-corrected chi connectivity index (χ4v) is 2.56. The third-order valence-corrected chi connectivity index (χ3v) is 3.98. The zero-order chi connectivity index (χ0) is 20.4. The first-order chi connectivity index (χ1) is 12.7. The van der Waals surface area contributed by atoms with E-state index < -0.39 is 18.0 Å². The highest BCUT2D eigenvalue weighted by Gasteiger charge is 2.16. The summed E-state index contributed by atoms with van der Waals surface area (Å²) in [5.74, 6) is -2.34. The van der Waals surface area contributed by atoms with Crippen molar-refractivity contribution >= 4 is 11.9 Å². The van der Waals surface area contributed by atoms with Gasteiger partial charge in [0.2, 0.25) is 0 Å². The molecule has 1 aliphatic heterocycles. The lowest BCUT2D eigenvalue weighted by Crippen LogP contribution is -2.42. The van der Waals surface area contributed by atoms with E-state index in [0.29, 0.717) is 19.1 Å². The van der Waals surface area contributed by atoms with Gasteiger partial charge in [-0.3, -0.25) is 4.90 Å². The maximum Gasteiger partial charge on any atom is 0.414 e. The molecule has 27 heavy (non-hydrogen) atoms. The molecule has 1 atom stereocenters. The second-order valence-electron chi connectivity index (χ2n) is 6.68. The Morgan fingerprint density at radius 3 is 2.30 bits per heavy atom. The average molecular weight is 383 g/mol. The van der Waals surface area contributed by atoms with E-state index in [-0.39, 0.29) is 0 Å². The zero-order valence-corrected chi connectivity index (χ0v) is 16.1. The van der Waals surface area contributed by atoms with E-state index in [1.807, 2.05) is 0 Å². The van der Waals surface area contributed by atoms with Crippen molar-refractivity contribution in [3.63, 3.8) is 0 Å². The molecule has 1 unspecified atom stereocenters. The number of hydrogen-bond acceptors (Lipinski definition) is 6. The molecule has 1 saturated heterocycles. The summed E-state index contributed by atoms with van der Waals surface area (Å²) in [5, 5.41) is 24.9. The molecule has 1 aromatic rings. The van der Waals surface area contributed by atoms with Crippen LogP contribution in [0.25, 0.3) is 0 Å². The lowest BCUT2D eigenvalue weighted by atomic mass is 10.0. The van der Waals surface area contributed by atoms with Crippen LogP contribution in [0.3, 0.4) is 0 Å². The number of ether oxygens (including phenoxy) is 2. The summed E-state index contributed by atoms with van der Waals surface area (Å²) in [6.45, 7) is 10.6. The Balaban J connectivity index is 0.000000527. The molecule has 1 aromatic carbocycles. The number of benzene rings is 1. The van der Waals surface area contributed by atoms with Gasteiger partial charge in [-0.1, -0.05) is 26.0 Å². The van der Waals surface area contributed by atoms with Crippen LogP contribution in [0.1, 0.15) is 30.9 Å². The number of nitrogens with zero attached hydrogens (tertiary/aromatic N) is 1. The summed E-state index contributed by atoms with van der Waals surface area (Å²) in [7, 11) is 0. The van der Waals surface area contributed by atoms with Gasteiger partial charge in [-0.2, -0.15) is 0 Å². The Morgan fingerprint density at radius 2 is 1.78 bits per heavy atom. The topological polar surface area (TPSA) is 117 Å². The Labute approximate surface area is 159 Å². The summed E-state index contributed by atoms with van der Waals surface area (Å²) in [5.41, 5.74) is 2.37. The van der Waals surface area contributed by atoms with Gasteiger partial charge < -0.3 is 24.8 Å². The molecular formula is C19H29NO7. The van der Waals surface area contributed by atoms with Crippen LogP contribution in [0.2, 0.25) is 0 Å². The molecule has 1 aliphatic rings. The molecule has 0 radical (unpaired) electrons. The first kappa shape index (κ1) is 22.9. The normalized spacial score (nSPS) is 15.6. The van der Waals surface area contributed by atoms with Crippen molar-refractivity contribution in [2.24, 2.45) is 0 Å². The van der Waals surface area contributed by atoms with Gasteiger partial charge in [-0.25, -0.2) is 9.59 Å². The molecule has 152 valence electrons. The fourth-order valence-electron chi connectivity index (χ4n) is 2.56. The van der Waals surface area contributed by atoms with Crippen LogP contribution in [0, 0.1) is 6.92 Å². The summed E-state index contributed by atoms with van der Waals surface area (Å²) in [6.07, 6.45) is -0.469. The minimum absolute atomic E-state index is 0.334. The highest BCUT2D eigenvalue weighted by molar-refractivity contribution is 6.27. The summed E-state index contributed by atoms with van der Waals surface area (Å²) in [6, 6.07) is 6.27. The Hall–Kier alpha value is -2.16. The van der Waals surface area contributed by atoms with Gasteiger partial charge in [0.25, 0.3) is 0 Å². The van der Waals surface area contributed by atoms with E-state index in [1.165, 1.54) is 11.1 Å². The molecule has 3 N–H and O–H groups in total. The molecule has 2 rings (SSSR count). The van der Waals surface area contributed by atoms with Gasteiger partial charge in [0.15, 0.2) is 0 Å². The summed E-state index contributed by atoms with van der Waals surface area (Å²) in [4.78, 5) is 20.4. The molecule has 0 aromatic heterocycles. The lowest BCUT2D eigenvalue weighted by Gasteiger charge is -2.28. The number of carboxylic acids is 2. The van der Waals surface area contributed by atoms with E-state index in [1.54, 1.807) is 0 Å². The second-order valence-corrected chi connectivity index (χ2v) is 6.68. The Bertz CT molecular complexity index is 600. The Kier molecular flexibility index (Phi) is 9.77. The molecule has 0 bridgehead atoms. The molecule has 0 spiro atoms. The van der Waals surface area contributed by atoms with Crippen LogP contribution in [0.15, 0.2) is 18.2 Å². The van der Waals surface area contributed by atoms with Crippen molar-refractivity contribution in [3.05, 3.63) is 29.3 Å². The molecule has 8 heteroatoms. The number of carbonyl (C=O) groups is 2. The van der Waals surface area contributed by atoms with Crippen LogP contribution < -0.4 is 4.74 Å². The van der Waals surface area contributed by atoms with Crippen molar-refractivity contribution in [1.82, 2.24) is 4.90 Å². The van der Waals surface area contributed by atoms with Gasteiger partial charge in [0.05, 0.1) is 13.2 Å². The number of aliphatic carboxylic acids is 2. The van der Waals surface area contributed by atoms with Crippen molar-refractivity contribution in [2.75, 3.05) is 39.5 Å². The molecular weight excluding hydrogens is 354 g/mol. The molecule has 8 nitrogen and oxygen atoms in total. The van der Waals surface area contributed by atoms with Crippen molar-refractivity contribution in [3.8, 4) is 5.75 Å². The maximum atomic E-state index is 10.2.